The molecule has 1 aliphatic carbocycles. The molecular weight excluding hydrogens is 312 g/mol. The molecule has 0 radical (unpaired) electrons. The van der Waals surface area contributed by atoms with Gasteiger partial charge < -0.3 is 15.2 Å². The second-order valence-corrected chi connectivity index (χ2v) is 5.83. The molecule has 0 spiro atoms. The second kappa shape index (κ2) is 8.33. The predicted octanol–water partition coefficient (Wildman–Crippen LogP) is 2.92. The Hall–Kier alpha value is -2.57. The van der Waals surface area contributed by atoms with E-state index in [2.05, 4.69) is 5.32 Å². The first-order valence-electron chi connectivity index (χ1n) is 8.01. The molecule has 0 heterocycles. The van der Waals surface area contributed by atoms with Crippen LogP contribution in [0.2, 0.25) is 0 Å². The second-order valence-electron chi connectivity index (χ2n) is 5.83. The summed E-state index contributed by atoms with van der Waals surface area (Å²) in [5.74, 6) is -1.21. The number of nitrogens with one attached hydrogen (secondary N) is 1. The smallest absolute Gasteiger partial charge is 0.417 e. The minimum Gasteiger partial charge on any atom is -0.479 e. The summed E-state index contributed by atoms with van der Waals surface area (Å²) in [5, 5.41) is 11.6. The number of hydrogen-bond acceptors (Lipinski definition) is 4. The van der Waals surface area contributed by atoms with Gasteiger partial charge in [0, 0.05) is 7.05 Å². The monoisotopic (exact) mass is 334 g/mol. The van der Waals surface area contributed by atoms with Crippen molar-refractivity contribution in [3.63, 3.8) is 0 Å². The number of carboxylic acid groups (broad SMARTS) is 1. The van der Waals surface area contributed by atoms with Gasteiger partial charge in [0.05, 0.1) is 0 Å². The summed E-state index contributed by atoms with van der Waals surface area (Å²) >= 11 is 0. The number of carbonyl (C=O) groups is 3. The van der Waals surface area contributed by atoms with Crippen molar-refractivity contribution in [2.24, 2.45) is 0 Å². The summed E-state index contributed by atoms with van der Waals surface area (Å²) in [7, 11) is 1.27. The lowest BCUT2D eigenvalue weighted by molar-refractivity contribution is -0.139. The maximum Gasteiger partial charge on any atom is 0.417 e. The molecule has 1 aromatic rings. The van der Waals surface area contributed by atoms with Gasteiger partial charge in [0.1, 0.15) is 6.10 Å². The first-order chi connectivity index (χ1) is 11.5. The minimum atomic E-state index is -1.23. The summed E-state index contributed by atoms with van der Waals surface area (Å²) in [6.45, 7) is 0. The van der Waals surface area contributed by atoms with Crippen LogP contribution in [0.3, 0.4) is 0 Å². The highest BCUT2D eigenvalue weighted by atomic mass is 16.6. The standard InChI is InChI=1S/C17H22N2O5/c1-19(17(23)24-13-10-6-3-7-11-13)16(22)18-14(15(20)21)12-8-4-2-5-9-12/h2,4-5,8-9,13-14H,3,6-7,10-11H2,1H3,(H,18,22)(H,20,21). The fraction of sp³-hybridized carbons (Fsp3) is 0.471. The lowest BCUT2D eigenvalue weighted by Crippen LogP contribution is -2.45. The molecule has 7 nitrogen and oxygen atoms in total. The van der Waals surface area contributed by atoms with Crippen LogP contribution >= 0.6 is 0 Å². The molecule has 24 heavy (non-hydrogen) atoms. The van der Waals surface area contributed by atoms with E-state index in [9.17, 15) is 19.5 Å². The van der Waals surface area contributed by atoms with Crippen molar-refractivity contribution in [3.05, 3.63) is 35.9 Å². The van der Waals surface area contributed by atoms with Crippen molar-refractivity contribution in [2.45, 2.75) is 44.2 Å². The molecule has 0 bridgehead atoms. The van der Waals surface area contributed by atoms with Gasteiger partial charge in [-0.05, 0) is 31.2 Å². The maximum absolute atomic E-state index is 12.2. The zero-order chi connectivity index (χ0) is 17.5. The molecule has 3 amide bonds. The molecule has 130 valence electrons. The Morgan fingerprint density at radius 3 is 2.38 bits per heavy atom. The molecule has 0 saturated heterocycles. The van der Waals surface area contributed by atoms with Gasteiger partial charge in [-0.15, -0.1) is 0 Å². The Morgan fingerprint density at radius 2 is 1.79 bits per heavy atom. The highest BCUT2D eigenvalue weighted by Gasteiger charge is 2.28. The highest BCUT2D eigenvalue weighted by molar-refractivity contribution is 5.93. The van der Waals surface area contributed by atoms with Crippen LogP contribution in [0.25, 0.3) is 0 Å². The summed E-state index contributed by atoms with van der Waals surface area (Å²) in [6, 6.07) is 6.25. The average molecular weight is 334 g/mol. The normalized spacial score (nSPS) is 16.0. The molecule has 1 saturated carbocycles. The molecule has 1 unspecified atom stereocenters. The Labute approximate surface area is 140 Å². The highest BCUT2D eigenvalue weighted by Crippen LogP contribution is 2.21. The van der Waals surface area contributed by atoms with Crippen LogP contribution in [0.1, 0.15) is 43.7 Å². The number of carboxylic acids is 1. The third kappa shape index (κ3) is 4.71. The van der Waals surface area contributed by atoms with Crippen molar-refractivity contribution in [3.8, 4) is 0 Å². The van der Waals surface area contributed by atoms with E-state index in [0.29, 0.717) is 5.56 Å². The maximum atomic E-state index is 12.2. The van der Waals surface area contributed by atoms with Gasteiger partial charge in [0.25, 0.3) is 0 Å². The van der Waals surface area contributed by atoms with Gasteiger partial charge in [0.15, 0.2) is 6.04 Å². The van der Waals surface area contributed by atoms with Crippen LogP contribution in [0.4, 0.5) is 9.59 Å². The van der Waals surface area contributed by atoms with E-state index < -0.39 is 24.1 Å². The molecule has 0 aliphatic heterocycles. The Balaban J connectivity index is 1.95. The number of hydrogen-bond donors (Lipinski definition) is 2. The van der Waals surface area contributed by atoms with Crippen molar-refractivity contribution in [1.29, 1.82) is 0 Å². The van der Waals surface area contributed by atoms with E-state index in [1.165, 1.54) is 7.05 Å². The van der Waals surface area contributed by atoms with Gasteiger partial charge in [-0.2, -0.15) is 0 Å². The van der Waals surface area contributed by atoms with Crippen molar-refractivity contribution in [2.75, 3.05) is 7.05 Å². The van der Waals surface area contributed by atoms with Gasteiger partial charge in [0.2, 0.25) is 0 Å². The molecule has 2 N–H and O–H groups in total. The summed E-state index contributed by atoms with van der Waals surface area (Å²) in [4.78, 5) is 36.4. The number of urea groups is 1. The number of nitrogens with zero attached hydrogens (tertiary/aromatic N) is 1. The number of benzene rings is 1. The minimum absolute atomic E-state index is 0.175. The van der Waals surface area contributed by atoms with Crippen LogP contribution in [-0.2, 0) is 9.53 Å². The molecule has 2 rings (SSSR count). The van der Waals surface area contributed by atoms with E-state index in [1.54, 1.807) is 30.3 Å². The first-order valence-corrected chi connectivity index (χ1v) is 8.01. The van der Waals surface area contributed by atoms with Crippen LogP contribution in [0, 0.1) is 0 Å². The fourth-order valence-corrected chi connectivity index (χ4v) is 2.64. The summed E-state index contributed by atoms with van der Waals surface area (Å²) in [6.07, 6.45) is 3.78. The molecule has 1 atom stereocenters. The Bertz CT molecular complexity index is 584. The quantitative estimate of drug-likeness (QED) is 0.882. The largest absolute Gasteiger partial charge is 0.479 e. The third-order valence-corrected chi connectivity index (χ3v) is 4.05. The Kier molecular flexibility index (Phi) is 6.17. The van der Waals surface area contributed by atoms with E-state index in [4.69, 9.17) is 4.74 Å². The first kappa shape index (κ1) is 17.8. The number of rotatable bonds is 4. The van der Waals surface area contributed by atoms with Crippen molar-refractivity contribution >= 4 is 18.1 Å². The molecule has 7 heteroatoms. The molecular formula is C17H22N2O5. The van der Waals surface area contributed by atoms with E-state index in [0.717, 1.165) is 37.0 Å². The van der Waals surface area contributed by atoms with Gasteiger partial charge in [-0.3, -0.25) is 0 Å². The van der Waals surface area contributed by atoms with Crippen molar-refractivity contribution < 1.29 is 24.2 Å². The van der Waals surface area contributed by atoms with Crippen LogP contribution < -0.4 is 5.32 Å². The van der Waals surface area contributed by atoms with Crippen molar-refractivity contribution in [1.82, 2.24) is 10.2 Å². The van der Waals surface area contributed by atoms with Crippen LogP contribution in [0.5, 0.6) is 0 Å². The Morgan fingerprint density at radius 1 is 1.17 bits per heavy atom. The average Bonchev–Trinajstić information content (AvgIpc) is 2.60. The SMILES string of the molecule is CN(C(=O)NC(C(=O)O)c1ccccc1)C(=O)OC1CCCCC1. The number of ether oxygens (including phenoxy) is 1. The molecule has 1 fully saturated rings. The van der Waals surface area contributed by atoms with Crippen LogP contribution in [0.15, 0.2) is 30.3 Å². The van der Waals surface area contributed by atoms with E-state index in [1.807, 2.05) is 0 Å². The molecule has 1 aromatic carbocycles. The van der Waals surface area contributed by atoms with E-state index >= 15 is 0 Å². The number of amides is 3. The molecule has 0 aromatic heterocycles. The zero-order valence-corrected chi connectivity index (χ0v) is 13.6. The lowest BCUT2D eigenvalue weighted by Gasteiger charge is -2.25. The zero-order valence-electron chi connectivity index (χ0n) is 13.6. The van der Waals surface area contributed by atoms with Gasteiger partial charge >= 0.3 is 18.1 Å². The van der Waals surface area contributed by atoms with E-state index in [-0.39, 0.29) is 6.10 Å². The summed E-state index contributed by atoms with van der Waals surface area (Å²) in [5.41, 5.74) is 0.424. The lowest BCUT2D eigenvalue weighted by atomic mass is 9.98. The number of carbonyl (C=O) groups excluding carboxylic acids is 2. The predicted molar refractivity (Wildman–Crippen MR) is 86.5 cm³/mol. The van der Waals surface area contributed by atoms with Crippen LogP contribution in [-0.4, -0.2) is 41.3 Å². The number of imide groups is 1. The molecule has 1 aliphatic rings. The summed E-state index contributed by atoms with van der Waals surface area (Å²) < 4.78 is 5.30. The van der Waals surface area contributed by atoms with Gasteiger partial charge in [-0.25, -0.2) is 19.3 Å². The number of aliphatic carboxylic acids is 1. The van der Waals surface area contributed by atoms with Gasteiger partial charge in [-0.1, -0.05) is 36.8 Å². The fourth-order valence-electron chi connectivity index (χ4n) is 2.64. The topological polar surface area (TPSA) is 95.9 Å². The third-order valence-electron chi connectivity index (χ3n) is 4.05.